The number of aliphatic hydroxyl groups is 3. The summed E-state index contributed by atoms with van der Waals surface area (Å²) in [5.74, 6) is 0. The Morgan fingerprint density at radius 3 is 2.79 bits per heavy atom. The van der Waals surface area contributed by atoms with Crippen LogP contribution in [0.4, 0.5) is 5.69 Å². The zero-order valence-electron chi connectivity index (χ0n) is 9.92. The minimum atomic E-state index is -1.17. The van der Waals surface area contributed by atoms with Crippen LogP contribution >= 0.6 is 0 Å². The molecule has 0 spiro atoms. The molecule has 0 radical (unpaired) electrons. The SMILES string of the molecule is Nc1ccnc2c1ncn2[C@@H]1O[C@H](CO)C(O)[C@@H]1O. The van der Waals surface area contributed by atoms with Gasteiger partial charge in [0.15, 0.2) is 11.9 Å². The average Bonchev–Trinajstić information content (AvgIpc) is 2.94. The summed E-state index contributed by atoms with van der Waals surface area (Å²) in [5.41, 5.74) is 7.20. The van der Waals surface area contributed by atoms with Gasteiger partial charge in [0, 0.05) is 6.20 Å². The van der Waals surface area contributed by atoms with Crippen LogP contribution in [0.2, 0.25) is 0 Å². The quantitative estimate of drug-likeness (QED) is 0.528. The number of nitrogens with two attached hydrogens (primary N) is 1. The van der Waals surface area contributed by atoms with Gasteiger partial charge >= 0.3 is 0 Å². The number of aliphatic hydroxyl groups excluding tert-OH is 3. The van der Waals surface area contributed by atoms with E-state index >= 15 is 0 Å². The summed E-state index contributed by atoms with van der Waals surface area (Å²) in [5, 5.41) is 28.8. The van der Waals surface area contributed by atoms with Crippen molar-refractivity contribution in [1.82, 2.24) is 14.5 Å². The zero-order valence-corrected chi connectivity index (χ0v) is 9.92. The number of pyridine rings is 1. The lowest BCUT2D eigenvalue weighted by Gasteiger charge is -2.16. The van der Waals surface area contributed by atoms with Crippen LogP contribution in [0.1, 0.15) is 6.23 Å². The van der Waals surface area contributed by atoms with Crippen molar-refractivity contribution in [3.8, 4) is 0 Å². The van der Waals surface area contributed by atoms with Gasteiger partial charge in [-0.05, 0) is 6.07 Å². The predicted octanol–water partition coefficient (Wildman–Crippen LogP) is -1.38. The second-order valence-corrected chi connectivity index (χ2v) is 4.45. The van der Waals surface area contributed by atoms with Gasteiger partial charge in [-0.1, -0.05) is 0 Å². The van der Waals surface area contributed by atoms with Gasteiger partial charge in [-0.2, -0.15) is 0 Å². The lowest BCUT2D eigenvalue weighted by molar-refractivity contribution is -0.0511. The average molecular weight is 266 g/mol. The summed E-state index contributed by atoms with van der Waals surface area (Å²) >= 11 is 0. The van der Waals surface area contributed by atoms with Crippen molar-refractivity contribution in [2.24, 2.45) is 0 Å². The first-order valence-electron chi connectivity index (χ1n) is 5.83. The molecular weight excluding hydrogens is 252 g/mol. The molecule has 1 aliphatic heterocycles. The number of hydrogen-bond acceptors (Lipinski definition) is 7. The van der Waals surface area contributed by atoms with Crippen LogP contribution in [-0.2, 0) is 4.74 Å². The van der Waals surface area contributed by atoms with Crippen LogP contribution in [0.15, 0.2) is 18.6 Å². The summed E-state index contributed by atoms with van der Waals surface area (Å²) in [6.45, 7) is -0.378. The first kappa shape index (κ1) is 12.3. The molecule has 2 aromatic rings. The topological polar surface area (TPSA) is 127 Å². The second-order valence-electron chi connectivity index (χ2n) is 4.45. The molecule has 0 aromatic carbocycles. The van der Waals surface area contributed by atoms with Crippen molar-refractivity contribution in [3.63, 3.8) is 0 Å². The lowest BCUT2D eigenvalue weighted by atomic mass is 10.1. The molecule has 102 valence electrons. The van der Waals surface area contributed by atoms with Crippen LogP contribution < -0.4 is 5.73 Å². The van der Waals surface area contributed by atoms with E-state index in [0.29, 0.717) is 16.9 Å². The molecule has 1 aliphatic rings. The third kappa shape index (κ3) is 1.77. The molecule has 4 atom stereocenters. The van der Waals surface area contributed by atoms with E-state index in [1.54, 1.807) is 6.07 Å². The summed E-state index contributed by atoms with van der Waals surface area (Å²) in [6, 6.07) is 1.62. The summed E-state index contributed by atoms with van der Waals surface area (Å²) in [7, 11) is 0. The third-order valence-electron chi connectivity index (χ3n) is 3.28. The van der Waals surface area contributed by atoms with Gasteiger partial charge in [0.1, 0.15) is 23.8 Å². The molecule has 0 aliphatic carbocycles. The molecule has 2 aromatic heterocycles. The van der Waals surface area contributed by atoms with Crippen molar-refractivity contribution in [2.75, 3.05) is 12.3 Å². The molecule has 0 amide bonds. The van der Waals surface area contributed by atoms with Crippen LogP contribution in [0.3, 0.4) is 0 Å². The summed E-state index contributed by atoms with van der Waals surface area (Å²) in [4.78, 5) is 8.26. The number of fused-ring (bicyclic) bond motifs is 1. The molecular formula is C11H14N4O4. The van der Waals surface area contributed by atoms with Crippen LogP contribution in [0.5, 0.6) is 0 Å². The minimum Gasteiger partial charge on any atom is -0.397 e. The Hall–Kier alpha value is -1.74. The van der Waals surface area contributed by atoms with Gasteiger partial charge < -0.3 is 25.8 Å². The Balaban J connectivity index is 2.04. The monoisotopic (exact) mass is 266 g/mol. The van der Waals surface area contributed by atoms with Crippen molar-refractivity contribution in [2.45, 2.75) is 24.5 Å². The van der Waals surface area contributed by atoms with Crippen LogP contribution in [-0.4, -0.2) is 54.8 Å². The molecule has 0 bridgehead atoms. The summed E-state index contributed by atoms with van der Waals surface area (Å²) < 4.78 is 6.91. The fourth-order valence-corrected chi connectivity index (χ4v) is 2.25. The first-order valence-corrected chi connectivity index (χ1v) is 5.83. The smallest absolute Gasteiger partial charge is 0.165 e. The lowest BCUT2D eigenvalue weighted by Crippen LogP contribution is -2.33. The largest absolute Gasteiger partial charge is 0.397 e. The van der Waals surface area contributed by atoms with E-state index < -0.39 is 24.5 Å². The Kier molecular flexibility index (Phi) is 2.86. The van der Waals surface area contributed by atoms with E-state index in [0.717, 1.165) is 0 Å². The number of imidazole rings is 1. The zero-order chi connectivity index (χ0) is 13.6. The van der Waals surface area contributed by atoms with Crippen LogP contribution in [0.25, 0.3) is 11.2 Å². The molecule has 8 heteroatoms. The molecule has 1 unspecified atom stereocenters. The maximum atomic E-state index is 9.97. The maximum absolute atomic E-state index is 9.97. The second kappa shape index (κ2) is 4.42. The van der Waals surface area contributed by atoms with Crippen LogP contribution in [0, 0.1) is 0 Å². The highest BCUT2D eigenvalue weighted by molar-refractivity contribution is 5.83. The van der Waals surface area contributed by atoms with Gasteiger partial charge in [-0.3, -0.25) is 4.57 Å². The highest BCUT2D eigenvalue weighted by Crippen LogP contribution is 2.31. The number of aromatic nitrogens is 3. The van der Waals surface area contributed by atoms with Gasteiger partial charge in [0.2, 0.25) is 0 Å². The molecule has 3 rings (SSSR count). The standard InChI is InChI=1S/C11H14N4O4/c12-5-1-2-13-10-7(5)14-4-15(10)11-9(18)8(17)6(3-16)19-11/h1-2,4,6,8-9,11,16-18H,3H2,(H2,12,13)/t6-,8?,9+,11-/m1/s1. The predicted molar refractivity (Wildman–Crippen MR) is 64.9 cm³/mol. The van der Waals surface area contributed by atoms with E-state index in [4.69, 9.17) is 15.6 Å². The molecule has 0 saturated carbocycles. The van der Waals surface area contributed by atoms with Gasteiger partial charge in [-0.15, -0.1) is 0 Å². The maximum Gasteiger partial charge on any atom is 0.165 e. The minimum absolute atomic E-state index is 0.378. The van der Waals surface area contributed by atoms with Crippen molar-refractivity contribution >= 4 is 16.9 Å². The normalized spacial score (nSPS) is 31.1. The van der Waals surface area contributed by atoms with Crippen molar-refractivity contribution in [3.05, 3.63) is 18.6 Å². The Bertz CT molecular complexity index is 601. The molecule has 8 nitrogen and oxygen atoms in total. The number of nitrogen functional groups attached to an aromatic ring is 1. The highest BCUT2D eigenvalue weighted by atomic mass is 16.6. The molecule has 1 fully saturated rings. The van der Waals surface area contributed by atoms with Crippen molar-refractivity contribution < 1.29 is 20.1 Å². The number of anilines is 1. The van der Waals surface area contributed by atoms with E-state index in [1.165, 1.54) is 17.1 Å². The van der Waals surface area contributed by atoms with E-state index in [2.05, 4.69) is 9.97 Å². The summed E-state index contributed by atoms with van der Waals surface area (Å²) in [6.07, 6.45) is -1.05. The number of nitrogens with zero attached hydrogens (tertiary/aromatic N) is 3. The highest BCUT2D eigenvalue weighted by Gasteiger charge is 2.43. The fraction of sp³-hybridized carbons (Fsp3) is 0.455. The first-order chi connectivity index (χ1) is 9.13. The van der Waals surface area contributed by atoms with Gasteiger partial charge in [-0.25, -0.2) is 9.97 Å². The molecule has 1 saturated heterocycles. The molecule has 3 heterocycles. The Labute approximate surface area is 108 Å². The molecule has 5 N–H and O–H groups in total. The number of rotatable bonds is 2. The molecule has 19 heavy (non-hydrogen) atoms. The number of hydrogen-bond donors (Lipinski definition) is 4. The third-order valence-corrected chi connectivity index (χ3v) is 3.28. The Morgan fingerprint density at radius 1 is 1.32 bits per heavy atom. The van der Waals surface area contributed by atoms with E-state index in [1.807, 2.05) is 0 Å². The van der Waals surface area contributed by atoms with E-state index in [-0.39, 0.29) is 6.61 Å². The van der Waals surface area contributed by atoms with E-state index in [9.17, 15) is 10.2 Å². The van der Waals surface area contributed by atoms with Gasteiger partial charge in [0.25, 0.3) is 0 Å². The fourth-order valence-electron chi connectivity index (χ4n) is 2.25. The van der Waals surface area contributed by atoms with Gasteiger partial charge in [0.05, 0.1) is 18.6 Å². The Morgan fingerprint density at radius 2 is 2.11 bits per heavy atom. The van der Waals surface area contributed by atoms with Crippen molar-refractivity contribution in [1.29, 1.82) is 0 Å². The number of ether oxygens (including phenoxy) is 1.